The molecule has 0 spiro atoms. The number of para-hydroxylation sites is 1. The molecule has 6 rings (SSSR count). The molecule has 38 heavy (non-hydrogen) atoms. The minimum atomic E-state index is 0.00263. The van der Waals surface area contributed by atoms with E-state index in [0.29, 0.717) is 34.2 Å². The molecule has 3 aromatic carbocycles. The van der Waals surface area contributed by atoms with Gasteiger partial charge in [0.05, 0.1) is 23.6 Å². The molecule has 2 heterocycles. The van der Waals surface area contributed by atoms with Gasteiger partial charge in [-0.1, -0.05) is 48.4 Å². The summed E-state index contributed by atoms with van der Waals surface area (Å²) in [5.41, 5.74) is 3.55. The van der Waals surface area contributed by atoms with E-state index >= 15 is 0 Å². The molecule has 0 amide bonds. The lowest BCUT2D eigenvalue weighted by molar-refractivity contribution is 0.117. The third-order valence-electron chi connectivity index (χ3n) is 8.26. The number of aromatic nitrogens is 2. The molecule has 0 N–H and O–H groups in total. The van der Waals surface area contributed by atoms with Gasteiger partial charge in [0, 0.05) is 24.7 Å². The molecular formula is C32H34ClN3O2. The number of hydrogen-bond donors (Lipinski definition) is 0. The first-order chi connectivity index (χ1) is 18.6. The van der Waals surface area contributed by atoms with Crippen LogP contribution in [0, 0.1) is 11.8 Å². The van der Waals surface area contributed by atoms with E-state index in [1.54, 1.807) is 7.11 Å². The van der Waals surface area contributed by atoms with Gasteiger partial charge in [-0.05, 0) is 91.6 Å². The van der Waals surface area contributed by atoms with Crippen LogP contribution in [0.15, 0.2) is 71.5 Å². The first kappa shape index (κ1) is 25.1. The summed E-state index contributed by atoms with van der Waals surface area (Å²) >= 11 is 6.11. The van der Waals surface area contributed by atoms with Gasteiger partial charge in [0.2, 0.25) is 0 Å². The normalized spacial score (nSPS) is 18.4. The van der Waals surface area contributed by atoms with Crippen LogP contribution in [-0.4, -0.2) is 41.2 Å². The number of ether oxygens (including phenoxy) is 1. The number of piperidine rings is 1. The zero-order valence-corrected chi connectivity index (χ0v) is 22.7. The molecule has 2 aliphatic rings. The fraction of sp³-hybridized carbons (Fsp3) is 0.375. The molecule has 1 aliphatic heterocycles. The van der Waals surface area contributed by atoms with Gasteiger partial charge < -0.3 is 9.64 Å². The molecule has 1 aromatic heterocycles. The number of halogens is 1. The summed E-state index contributed by atoms with van der Waals surface area (Å²) in [5.74, 6) is 2.67. The highest BCUT2D eigenvalue weighted by atomic mass is 35.5. The molecular weight excluding hydrogens is 494 g/mol. The second kappa shape index (κ2) is 10.9. The van der Waals surface area contributed by atoms with Crippen LogP contribution in [0.3, 0.4) is 0 Å². The maximum absolute atomic E-state index is 14.2. The van der Waals surface area contributed by atoms with E-state index in [0.717, 1.165) is 41.3 Å². The SMILES string of the molecule is COc1ccccc1-c1nc2ccc(-c3ccc(Cl)cc3)cc2c(=O)n1C[C@@H]1CCCN(CC2CCC2)C1. The van der Waals surface area contributed by atoms with E-state index in [9.17, 15) is 4.79 Å². The van der Waals surface area contributed by atoms with Crippen LogP contribution in [0.2, 0.25) is 5.02 Å². The topological polar surface area (TPSA) is 47.4 Å². The van der Waals surface area contributed by atoms with Crippen molar-refractivity contribution in [1.82, 2.24) is 14.5 Å². The third kappa shape index (κ3) is 5.10. The Kier molecular flexibility index (Phi) is 7.22. The van der Waals surface area contributed by atoms with Crippen molar-refractivity contribution in [3.8, 4) is 28.3 Å². The number of likely N-dealkylation sites (tertiary alicyclic amines) is 1. The summed E-state index contributed by atoms with van der Waals surface area (Å²) in [6.45, 7) is 4.06. The van der Waals surface area contributed by atoms with E-state index in [1.165, 1.54) is 38.8 Å². The van der Waals surface area contributed by atoms with Gasteiger partial charge in [-0.25, -0.2) is 4.98 Å². The van der Waals surface area contributed by atoms with Gasteiger partial charge in [-0.2, -0.15) is 0 Å². The van der Waals surface area contributed by atoms with Crippen molar-refractivity contribution in [2.24, 2.45) is 11.8 Å². The van der Waals surface area contributed by atoms with Crippen molar-refractivity contribution >= 4 is 22.5 Å². The van der Waals surface area contributed by atoms with Gasteiger partial charge in [0.1, 0.15) is 11.6 Å². The largest absolute Gasteiger partial charge is 0.496 e. The quantitative estimate of drug-likeness (QED) is 0.262. The lowest BCUT2D eigenvalue weighted by Crippen LogP contribution is -2.42. The number of fused-ring (bicyclic) bond motifs is 1. The molecule has 1 saturated carbocycles. The standard InChI is InChI=1S/C32H34ClN3O2/c1-38-30-10-3-2-9-27(30)31-34-29-16-13-25(24-11-14-26(33)15-12-24)18-28(29)32(37)36(31)21-23-8-5-17-35(20-23)19-22-6-4-7-22/h2-3,9-16,18,22-23H,4-8,17,19-21H2,1H3/t23-/m1/s1. The van der Waals surface area contributed by atoms with E-state index in [1.807, 2.05) is 71.3 Å². The van der Waals surface area contributed by atoms with Crippen molar-refractivity contribution < 1.29 is 4.74 Å². The Bertz CT molecular complexity index is 1490. The van der Waals surface area contributed by atoms with Gasteiger partial charge >= 0.3 is 0 Å². The number of nitrogens with zero attached hydrogens (tertiary/aromatic N) is 3. The molecule has 0 unspecified atom stereocenters. The van der Waals surface area contributed by atoms with Gasteiger partial charge in [0.15, 0.2) is 0 Å². The van der Waals surface area contributed by atoms with Crippen molar-refractivity contribution in [3.05, 3.63) is 82.1 Å². The molecule has 0 radical (unpaired) electrons. The van der Waals surface area contributed by atoms with Crippen LogP contribution < -0.4 is 10.3 Å². The van der Waals surface area contributed by atoms with Crippen LogP contribution in [-0.2, 0) is 6.54 Å². The number of methoxy groups -OCH3 is 1. The van der Waals surface area contributed by atoms with E-state index in [4.69, 9.17) is 21.3 Å². The highest BCUT2D eigenvalue weighted by Crippen LogP contribution is 2.32. The summed E-state index contributed by atoms with van der Waals surface area (Å²) < 4.78 is 7.59. The van der Waals surface area contributed by atoms with Crippen LogP contribution in [0.4, 0.5) is 0 Å². The molecule has 196 valence electrons. The highest BCUT2D eigenvalue weighted by Gasteiger charge is 2.27. The molecule has 0 bridgehead atoms. The Labute approximate surface area is 229 Å². The van der Waals surface area contributed by atoms with Crippen molar-refractivity contribution in [2.45, 2.75) is 38.6 Å². The van der Waals surface area contributed by atoms with Gasteiger partial charge in [0.25, 0.3) is 5.56 Å². The predicted octanol–water partition coefficient (Wildman–Crippen LogP) is 6.90. The zero-order chi connectivity index (χ0) is 26.1. The predicted molar refractivity (Wildman–Crippen MR) is 155 cm³/mol. The first-order valence-corrected chi connectivity index (χ1v) is 14.1. The summed E-state index contributed by atoms with van der Waals surface area (Å²) in [7, 11) is 1.67. The minimum absolute atomic E-state index is 0.00263. The van der Waals surface area contributed by atoms with Crippen molar-refractivity contribution in [1.29, 1.82) is 0 Å². The third-order valence-corrected chi connectivity index (χ3v) is 8.52. The lowest BCUT2D eigenvalue weighted by Gasteiger charge is -2.37. The lowest BCUT2D eigenvalue weighted by atomic mass is 9.84. The summed E-state index contributed by atoms with van der Waals surface area (Å²) in [6.07, 6.45) is 6.41. The van der Waals surface area contributed by atoms with Crippen LogP contribution >= 0.6 is 11.6 Å². The fourth-order valence-corrected chi connectivity index (χ4v) is 6.14. The summed E-state index contributed by atoms with van der Waals surface area (Å²) in [6, 6.07) is 21.5. The molecule has 1 aliphatic carbocycles. The fourth-order valence-electron chi connectivity index (χ4n) is 6.01. The second-order valence-corrected chi connectivity index (χ2v) is 11.3. The highest BCUT2D eigenvalue weighted by molar-refractivity contribution is 6.30. The van der Waals surface area contributed by atoms with E-state index in [2.05, 4.69) is 4.90 Å². The van der Waals surface area contributed by atoms with Gasteiger partial charge in [-0.15, -0.1) is 0 Å². The maximum atomic E-state index is 14.2. The second-order valence-electron chi connectivity index (χ2n) is 10.9. The van der Waals surface area contributed by atoms with Crippen molar-refractivity contribution in [3.63, 3.8) is 0 Å². The Morgan fingerprint density at radius 3 is 2.45 bits per heavy atom. The van der Waals surface area contributed by atoms with Crippen LogP contribution in [0.1, 0.15) is 32.1 Å². The molecule has 1 saturated heterocycles. The van der Waals surface area contributed by atoms with E-state index < -0.39 is 0 Å². The summed E-state index contributed by atoms with van der Waals surface area (Å²) in [4.78, 5) is 21.9. The molecule has 2 fully saturated rings. The summed E-state index contributed by atoms with van der Waals surface area (Å²) in [5, 5.41) is 1.33. The average Bonchev–Trinajstić information content (AvgIpc) is 2.93. The monoisotopic (exact) mass is 527 g/mol. The number of benzene rings is 3. The average molecular weight is 528 g/mol. The minimum Gasteiger partial charge on any atom is -0.496 e. The Morgan fingerprint density at radius 1 is 0.921 bits per heavy atom. The van der Waals surface area contributed by atoms with Crippen LogP contribution in [0.25, 0.3) is 33.4 Å². The smallest absolute Gasteiger partial charge is 0.261 e. The van der Waals surface area contributed by atoms with Crippen LogP contribution in [0.5, 0.6) is 5.75 Å². The molecule has 5 nitrogen and oxygen atoms in total. The molecule has 6 heteroatoms. The van der Waals surface area contributed by atoms with Crippen molar-refractivity contribution in [2.75, 3.05) is 26.7 Å². The Hall–Kier alpha value is -3.15. The number of hydrogen-bond acceptors (Lipinski definition) is 4. The Morgan fingerprint density at radius 2 is 1.68 bits per heavy atom. The van der Waals surface area contributed by atoms with Gasteiger partial charge in [-0.3, -0.25) is 9.36 Å². The molecule has 1 atom stereocenters. The zero-order valence-electron chi connectivity index (χ0n) is 21.9. The molecule has 4 aromatic rings. The Balaban J connectivity index is 1.42. The maximum Gasteiger partial charge on any atom is 0.261 e. The number of rotatable bonds is 7. The van der Waals surface area contributed by atoms with E-state index in [-0.39, 0.29) is 5.56 Å². The first-order valence-electron chi connectivity index (χ1n) is 13.8.